The summed E-state index contributed by atoms with van der Waals surface area (Å²) in [6, 6.07) is 0. The number of rotatable bonds is 8. The Hall–Kier alpha value is -0.430. The van der Waals surface area contributed by atoms with Crippen LogP contribution in [0, 0.1) is 0 Å². The minimum absolute atomic E-state index is 1.19. The van der Waals surface area contributed by atoms with Crippen molar-refractivity contribution in [2.45, 2.75) is 31.0 Å². The lowest BCUT2D eigenvalue weighted by Crippen LogP contribution is -2.45. The molecular formula is C6H14O13P2. The molecule has 0 spiro atoms. The van der Waals surface area contributed by atoms with Crippen LogP contribution in [0.4, 0.5) is 0 Å². The van der Waals surface area contributed by atoms with E-state index >= 15 is 0 Å². The fourth-order valence-corrected chi connectivity index (χ4v) is 1.81. The summed E-state index contributed by atoms with van der Waals surface area (Å²) in [5, 5.41) is 36.8. The smallest absolute Gasteiger partial charge is 0.390 e. The maximum Gasteiger partial charge on any atom is 0.526 e. The molecule has 0 saturated carbocycles. The van der Waals surface area contributed by atoms with E-state index in [1.807, 2.05) is 0 Å². The maximum absolute atomic E-state index is 10.9. The molecule has 0 aliphatic heterocycles. The minimum Gasteiger partial charge on any atom is -0.390 e. The van der Waals surface area contributed by atoms with E-state index in [2.05, 4.69) is 9.05 Å². The Morgan fingerprint density at radius 2 is 1.38 bits per heavy atom. The lowest BCUT2D eigenvalue weighted by Gasteiger charge is -2.25. The molecule has 0 radical (unpaired) electrons. The van der Waals surface area contributed by atoms with Crippen molar-refractivity contribution in [1.29, 1.82) is 0 Å². The summed E-state index contributed by atoms with van der Waals surface area (Å²) in [4.78, 5) is 44.2. The third-order valence-corrected chi connectivity index (χ3v) is 2.81. The van der Waals surface area contributed by atoms with Gasteiger partial charge in [-0.2, -0.15) is 0 Å². The monoisotopic (exact) mass is 356 g/mol. The third kappa shape index (κ3) is 9.24. The third-order valence-electron chi connectivity index (χ3n) is 1.88. The van der Waals surface area contributed by atoms with Gasteiger partial charge in [0, 0.05) is 0 Å². The van der Waals surface area contributed by atoms with Crippen LogP contribution < -0.4 is 0 Å². The molecule has 0 heterocycles. The normalized spacial score (nSPS) is 18.7. The topological polar surface area (TPSA) is 232 Å². The van der Waals surface area contributed by atoms with Gasteiger partial charge in [-0.05, 0) is 0 Å². The molecule has 15 heteroatoms. The first-order valence-electron chi connectivity index (χ1n) is 4.97. The van der Waals surface area contributed by atoms with E-state index in [4.69, 9.17) is 24.7 Å². The molecule has 1 unspecified atom stereocenters. The molecule has 21 heavy (non-hydrogen) atoms. The van der Waals surface area contributed by atoms with Gasteiger partial charge in [0.2, 0.25) is 0 Å². The standard InChI is InChI=1S/C6H14O13P2/c7-2(1-3(8)18-20(12,13)14)4(9)5(10)6(11)19-21(15,16)17/h2,4-7,9-11H,1H2,(H2,12,13,14)(H2,15,16,17)/t2-,4+,5+,6?/m1/s1. The van der Waals surface area contributed by atoms with Gasteiger partial charge in [0.15, 0.2) is 6.29 Å². The Morgan fingerprint density at radius 1 is 0.905 bits per heavy atom. The Kier molecular flexibility index (Phi) is 7.56. The second-order valence-electron chi connectivity index (χ2n) is 3.69. The fraction of sp³-hybridized carbons (Fsp3) is 0.833. The van der Waals surface area contributed by atoms with Crippen LogP contribution in [-0.4, -0.2) is 70.6 Å². The molecule has 0 saturated heterocycles. The zero-order chi connectivity index (χ0) is 17.0. The van der Waals surface area contributed by atoms with Gasteiger partial charge in [-0.1, -0.05) is 0 Å². The Morgan fingerprint density at radius 3 is 1.76 bits per heavy atom. The first-order valence-corrected chi connectivity index (χ1v) is 8.03. The van der Waals surface area contributed by atoms with Gasteiger partial charge in [-0.15, -0.1) is 0 Å². The summed E-state index contributed by atoms with van der Waals surface area (Å²) < 4.78 is 27.8. The molecule has 0 bridgehead atoms. The van der Waals surface area contributed by atoms with Gasteiger partial charge < -0.3 is 34.7 Å². The van der Waals surface area contributed by atoms with Crippen molar-refractivity contribution in [3.05, 3.63) is 0 Å². The van der Waals surface area contributed by atoms with Crippen molar-refractivity contribution >= 4 is 21.6 Å². The highest BCUT2D eigenvalue weighted by Crippen LogP contribution is 2.38. The van der Waals surface area contributed by atoms with E-state index in [0.29, 0.717) is 0 Å². The number of hydrogen-bond acceptors (Lipinski definition) is 9. The highest BCUT2D eigenvalue weighted by molar-refractivity contribution is 7.47. The van der Waals surface area contributed by atoms with Gasteiger partial charge in [0.25, 0.3) is 0 Å². The average Bonchev–Trinajstić information content (AvgIpc) is 2.21. The van der Waals surface area contributed by atoms with Gasteiger partial charge >= 0.3 is 21.6 Å². The molecule has 0 aromatic rings. The second kappa shape index (κ2) is 7.72. The maximum atomic E-state index is 10.9. The zero-order valence-electron chi connectivity index (χ0n) is 10.0. The van der Waals surface area contributed by atoms with Crippen molar-refractivity contribution in [2.75, 3.05) is 0 Å². The Bertz CT molecular complexity index is 438. The Labute approximate surface area is 116 Å². The van der Waals surface area contributed by atoms with Crippen LogP contribution in [0.3, 0.4) is 0 Å². The summed E-state index contributed by atoms with van der Waals surface area (Å²) in [6.07, 6.45) is -10.7. The van der Waals surface area contributed by atoms with Gasteiger partial charge in [-0.25, -0.2) is 9.13 Å². The molecule has 4 atom stereocenters. The van der Waals surface area contributed by atoms with Crippen LogP contribution in [0.15, 0.2) is 0 Å². The van der Waals surface area contributed by atoms with Crippen LogP contribution in [0.25, 0.3) is 0 Å². The molecule has 8 N–H and O–H groups in total. The van der Waals surface area contributed by atoms with E-state index in [0.717, 1.165) is 0 Å². The lowest BCUT2D eigenvalue weighted by atomic mass is 10.1. The van der Waals surface area contributed by atoms with E-state index in [-0.39, 0.29) is 0 Å². The Balaban J connectivity index is 4.56. The van der Waals surface area contributed by atoms with Crippen molar-refractivity contribution in [3.63, 3.8) is 0 Å². The van der Waals surface area contributed by atoms with Gasteiger partial charge in [-0.3, -0.25) is 19.1 Å². The summed E-state index contributed by atoms with van der Waals surface area (Å²) in [6.45, 7) is 0. The van der Waals surface area contributed by atoms with E-state index in [9.17, 15) is 29.2 Å². The molecule has 0 fully saturated rings. The molecular weight excluding hydrogens is 342 g/mol. The predicted octanol–water partition coefficient (Wildman–Crippen LogP) is -3.48. The van der Waals surface area contributed by atoms with Crippen molar-refractivity contribution in [2.24, 2.45) is 0 Å². The number of carbonyl (C=O) groups is 1. The molecule has 0 aliphatic rings. The summed E-state index contributed by atoms with van der Waals surface area (Å²) >= 11 is 0. The van der Waals surface area contributed by atoms with E-state index in [1.165, 1.54) is 0 Å². The van der Waals surface area contributed by atoms with E-state index < -0.39 is 52.6 Å². The number of hydrogen-bond donors (Lipinski definition) is 8. The summed E-state index contributed by atoms with van der Waals surface area (Å²) in [5.41, 5.74) is 0. The molecule has 0 aromatic heterocycles. The average molecular weight is 356 g/mol. The molecule has 13 nitrogen and oxygen atoms in total. The number of aliphatic hydroxyl groups is 4. The fourth-order valence-electron chi connectivity index (χ4n) is 1.06. The SMILES string of the molecule is O=C(C[C@@H](O)[C@H](O)[C@H](O)C(O)OP(=O)(O)O)OP(=O)(O)O. The van der Waals surface area contributed by atoms with Crippen LogP contribution >= 0.6 is 15.6 Å². The van der Waals surface area contributed by atoms with Gasteiger partial charge in [0.1, 0.15) is 12.2 Å². The van der Waals surface area contributed by atoms with E-state index in [1.54, 1.807) is 0 Å². The highest BCUT2D eigenvalue weighted by atomic mass is 31.2. The first-order chi connectivity index (χ1) is 9.23. The number of aliphatic hydroxyl groups excluding tert-OH is 4. The highest BCUT2D eigenvalue weighted by Gasteiger charge is 2.36. The van der Waals surface area contributed by atoms with Crippen LogP contribution in [0.2, 0.25) is 0 Å². The van der Waals surface area contributed by atoms with Crippen molar-refractivity contribution in [1.82, 2.24) is 0 Å². The number of phosphoric acid groups is 2. The minimum atomic E-state index is -5.20. The van der Waals surface area contributed by atoms with Crippen LogP contribution in [0.5, 0.6) is 0 Å². The quantitative estimate of drug-likeness (QED) is 0.156. The zero-order valence-corrected chi connectivity index (χ0v) is 11.8. The molecule has 0 aliphatic carbocycles. The predicted molar refractivity (Wildman–Crippen MR) is 59.9 cm³/mol. The second-order valence-corrected chi connectivity index (χ2v) is 6.05. The molecule has 0 aromatic carbocycles. The summed E-state index contributed by atoms with van der Waals surface area (Å²) in [5.74, 6) is -1.63. The summed E-state index contributed by atoms with van der Waals surface area (Å²) in [7, 11) is -10.4. The molecule has 0 amide bonds. The van der Waals surface area contributed by atoms with Crippen molar-refractivity contribution in [3.8, 4) is 0 Å². The van der Waals surface area contributed by atoms with Crippen molar-refractivity contribution < 1.29 is 63.0 Å². The molecule has 0 rings (SSSR count). The number of carbonyl (C=O) groups excluding carboxylic acids is 1. The number of phosphoric ester groups is 2. The molecule has 126 valence electrons. The van der Waals surface area contributed by atoms with Crippen LogP contribution in [0.1, 0.15) is 6.42 Å². The van der Waals surface area contributed by atoms with Gasteiger partial charge in [0.05, 0.1) is 12.5 Å². The first kappa shape index (κ1) is 20.6. The largest absolute Gasteiger partial charge is 0.526 e. The lowest BCUT2D eigenvalue weighted by molar-refractivity contribution is -0.174. The van der Waals surface area contributed by atoms with Crippen LogP contribution in [-0.2, 0) is 23.0 Å².